The van der Waals surface area contributed by atoms with E-state index in [0.717, 1.165) is 23.2 Å². The second-order valence-electron chi connectivity index (χ2n) is 7.57. The maximum atomic E-state index is 12.9. The molecular weight excluding hydrogens is 396 g/mol. The number of nitrogens with one attached hydrogen (secondary N) is 2. The van der Waals surface area contributed by atoms with E-state index in [1.165, 1.54) is 28.6 Å². The molecular formula is C19H24N4O5S. The van der Waals surface area contributed by atoms with E-state index in [9.17, 15) is 22.8 Å². The zero-order valence-corrected chi connectivity index (χ0v) is 17.1. The molecule has 2 N–H and O–H groups in total. The van der Waals surface area contributed by atoms with Gasteiger partial charge < -0.3 is 5.32 Å². The standard InChI is InChI=1S/C19H24N4O5S/c1-13-9-14(2)11-22(10-13)29(27,28)16-5-3-15(4-6-16)20-18(25)12-23-19(26)8-7-17(24)21-23/h3-8,13-14H,9-12H2,1-2H3,(H,20,25)(H,21,24)/t13-,14-/m0/s1. The van der Waals surface area contributed by atoms with Gasteiger partial charge in [-0.2, -0.15) is 4.31 Å². The van der Waals surface area contributed by atoms with Gasteiger partial charge in [0.1, 0.15) is 6.54 Å². The Morgan fingerprint density at radius 1 is 1.07 bits per heavy atom. The van der Waals surface area contributed by atoms with Crippen LogP contribution >= 0.6 is 0 Å². The Morgan fingerprint density at radius 3 is 2.31 bits per heavy atom. The fourth-order valence-electron chi connectivity index (χ4n) is 3.59. The van der Waals surface area contributed by atoms with Gasteiger partial charge in [0, 0.05) is 30.9 Å². The van der Waals surface area contributed by atoms with E-state index in [1.54, 1.807) is 0 Å². The number of nitrogens with zero attached hydrogens (tertiary/aromatic N) is 2. The van der Waals surface area contributed by atoms with Gasteiger partial charge in [-0.05, 0) is 42.5 Å². The summed E-state index contributed by atoms with van der Waals surface area (Å²) in [6, 6.07) is 8.06. The summed E-state index contributed by atoms with van der Waals surface area (Å²) >= 11 is 0. The van der Waals surface area contributed by atoms with E-state index < -0.39 is 27.0 Å². The van der Waals surface area contributed by atoms with E-state index in [1.807, 2.05) is 13.8 Å². The molecule has 3 rings (SSSR count). The number of H-pyrrole nitrogens is 1. The van der Waals surface area contributed by atoms with Crippen LogP contribution in [0.4, 0.5) is 5.69 Å². The second kappa shape index (κ2) is 8.34. The number of benzene rings is 1. The van der Waals surface area contributed by atoms with E-state index in [-0.39, 0.29) is 11.4 Å². The molecule has 1 fully saturated rings. The summed E-state index contributed by atoms with van der Waals surface area (Å²) < 4.78 is 28.2. The Bertz CT molecular complexity index is 1090. The van der Waals surface area contributed by atoms with Gasteiger partial charge in [-0.3, -0.25) is 19.5 Å². The smallest absolute Gasteiger partial charge is 0.265 e. The number of hydrogen-bond acceptors (Lipinski definition) is 5. The normalized spacial score (nSPS) is 20.3. The lowest BCUT2D eigenvalue weighted by molar-refractivity contribution is -0.117. The number of rotatable bonds is 5. The minimum absolute atomic E-state index is 0.167. The first-order chi connectivity index (χ1) is 13.6. The minimum atomic E-state index is -3.60. The monoisotopic (exact) mass is 420 g/mol. The molecule has 0 unspecified atom stereocenters. The van der Waals surface area contributed by atoms with Gasteiger partial charge in [0.15, 0.2) is 0 Å². The predicted molar refractivity (Wildman–Crippen MR) is 108 cm³/mol. The van der Waals surface area contributed by atoms with Gasteiger partial charge in [0.2, 0.25) is 15.9 Å². The third kappa shape index (κ3) is 5.01. The maximum Gasteiger partial charge on any atom is 0.265 e. The van der Waals surface area contributed by atoms with Crippen molar-refractivity contribution in [2.75, 3.05) is 18.4 Å². The second-order valence-corrected chi connectivity index (χ2v) is 9.51. The van der Waals surface area contributed by atoms with Crippen LogP contribution in [0, 0.1) is 11.8 Å². The fraction of sp³-hybridized carbons (Fsp3) is 0.421. The lowest BCUT2D eigenvalue weighted by Crippen LogP contribution is -2.42. The summed E-state index contributed by atoms with van der Waals surface area (Å²) in [6.45, 7) is 4.72. The zero-order chi connectivity index (χ0) is 21.2. The third-order valence-corrected chi connectivity index (χ3v) is 6.65. The van der Waals surface area contributed by atoms with Crippen LogP contribution in [0.25, 0.3) is 0 Å². The van der Waals surface area contributed by atoms with Crippen molar-refractivity contribution in [3.05, 3.63) is 57.1 Å². The van der Waals surface area contributed by atoms with Gasteiger partial charge in [0.25, 0.3) is 11.1 Å². The molecule has 9 nitrogen and oxygen atoms in total. The van der Waals surface area contributed by atoms with E-state index in [2.05, 4.69) is 10.4 Å². The average Bonchev–Trinajstić information content (AvgIpc) is 2.64. The number of aromatic nitrogens is 2. The molecule has 2 aromatic rings. The molecule has 1 aliphatic heterocycles. The summed E-state index contributed by atoms with van der Waals surface area (Å²) in [6.07, 6.45) is 1.01. The van der Waals surface area contributed by atoms with Crippen molar-refractivity contribution in [3.8, 4) is 0 Å². The van der Waals surface area contributed by atoms with Crippen LogP contribution in [0.2, 0.25) is 0 Å². The van der Waals surface area contributed by atoms with Crippen LogP contribution in [0.15, 0.2) is 50.9 Å². The lowest BCUT2D eigenvalue weighted by Gasteiger charge is -2.34. The van der Waals surface area contributed by atoms with E-state index in [0.29, 0.717) is 30.6 Å². The molecule has 10 heteroatoms. The highest BCUT2D eigenvalue weighted by molar-refractivity contribution is 7.89. The van der Waals surface area contributed by atoms with Gasteiger partial charge in [-0.25, -0.2) is 13.1 Å². The average molecular weight is 420 g/mol. The Kier molecular flexibility index (Phi) is 6.04. The lowest BCUT2D eigenvalue weighted by atomic mass is 9.94. The van der Waals surface area contributed by atoms with Gasteiger partial charge in [-0.1, -0.05) is 13.8 Å². The summed E-state index contributed by atoms with van der Waals surface area (Å²) in [4.78, 5) is 35.2. The van der Waals surface area contributed by atoms with Gasteiger partial charge in [-0.15, -0.1) is 0 Å². The molecule has 1 saturated heterocycles. The summed E-state index contributed by atoms with van der Waals surface area (Å²) in [5.74, 6) is 0.0862. The maximum absolute atomic E-state index is 12.9. The fourth-order valence-corrected chi connectivity index (χ4v) is 5.26. The van der Waals surface area contributed by atoms with Crippen LogP contribution < -0.4 is 16.4 Å². The zero-order valence-electron chi connectivity index (χ0n) is 16.3. The first kappa shape index (κ1) is 21.0. The molecule has 1 aliphatic rings. The first-order valence-electron chi connectivity index (χ1n) is 9.35. The number of amides is 1. The molecule has 29 heavy (non-hydrogen) atoms. The molecule has 0 spiro atoms. The van der Waals surface area contributed by atoms with E-state index >= 15 is 0 Å². The van der Waals surface area contributed by atoms with Gasteiger partial charge in [0.05, 0.1) is 4.90 Å². The highest BCUT2D eigenvalue weighted by Crippen LogP contribution is 2.27. The van der Waals surface area contributed by atoms with Crippen LogP contribution in [-0.2, 0) is 21.4 Å². The van der Waals surface area contributed by atoms with Crippen LogP contribution in [-0.4, -0.2) is 41.5 Å². The van der Waals surface area contributed by atoms with Crippen LogP contribution in [0.3, 0.4) is 0 Å². The highest BCUT2D eigenvalue weighted by atomic mass is 32.2. The molecule has 2 atom stereocenters. The Labute approximate surface area is 168 Å². The van der Waals surface area contributed by atoms with Crippen molar-refractivity contribution in [1.82, 2.24) is 14.1 Å². The third-order valence-electron chi connectivity index (χ3n) is 4.80. The minimum Gasteiger partial charge on any atom is -0.324 e. The number of aromatic amines is 1. The summed E-state index contributed by atoms with van der Waals surface area (Å²) in [5, 5.41) is 4.85. The topological polar surface area (TPSA) is 121 Å². The highest BCUT2D eigenvalue weighted by Gasteiger charge is 2.31. The summed E-state index contributed by atoms with van der Waals surface area (Å²) in [5.41, 5.74) is -0.611. The number of hydrogen-bond donors (Lipinski definition) is 2. The SMILES string of the molecule is C[C@H]1C[C@H](C)CN(S(=O)(=O)c2ccc(NC(=O)Cn3[nH]c(=O)ccc3=O)cc2)C1. The molecule has 0 saturated carbocycles. The molecule has 0 bridgehead atoms. The van der Waals surface area contributed by atoms with Crippen molar-refractivity contribution < 1.29 is 13.2 Å². The first-order valence-corrected chi connectivity index (χ1v) is 10.8. The largest absolute Gasteiger partial charge is 0.324 e. The van der Waals surface area contributed by atoms with Crippen molar-refractivity contribution in [2.24, 2.45) is 11.8 Å². The molecule has 1 amide bonds. The Balaban J connectivity index is 1.69. The van der Waals surface area contributed by atoms with Crippen molar-refractivity contribution in [2.45, 2.75) is 31.7 Å². The molecule has 1 aromatic heterocycles. The predicted octanol–water partition coefficient (Wildman–Crippen LogP) is 0.842. The quantitative estimate of drug-likeness (QED) is 0.742. The number of carbonyl (C=O) groups is 1. The Hall–Kier alpha value is -2.72. The number of anilines is 1. The molecule has 156 valence electrons. The van der Waals surface area contributed by atoms with Crippen molar-refractivity contribution >= 4 is 21.6 Å². The molecule has 0 aliphatic carbocycles. The summed E-state index contributed by atoms with van der Waals surface area (Å²) in [7, 11) is -3.60. The van der Waals surface area contributed by atoms with Crippen LogP contribution in [0.1, 0.15) is 20.3 Å². The van der Waals surface area contributed by atoms with Crippen molar-refractivity contribution in [3.63, 3.8) is 0 Å². The Morgan fingerprint density at radius 2 is 1.69 bits per heavy atom. The van der Waals surface area contributed by atoms with Crippen molar-refractivity contribution in [1.29, 1.82) is 0 Å². The van der Waals surface area contributed by atoms with Crippen LogP contribution in [0.5, 0.6) is 0 Å². The number of piperidine rings is 1. The number of carbonyl (C=O) groups excluding carboxylic acids is 1. The number of sulfonamides is 1. The molecule has 1 aromatic carbocycles. The molecule has 0 radical (unpaired) electrons. The van der Waals surface area contributed by atoms with E-state index in [4.69, 9.17) is 0 Å². The van der Waals surface area contributed by atoms with Gasteiger partial charge >= 0.3 is 0 Å². The molecule has 2 heterocycles.